The first-order chi connectivity index (χ1) is 12.3. The number of benzene rings is 1. The Morgan fingerprint density at radius 3 is 2.62 bits per heavy atom. The lowest BCUT2D eigenvalue weighted by molar-refractivity contribution is -0.124. The zero-order chi connectivity index (χ0) is 19.0. The molecule has 3 rings (SSSR count). The lowest BCUT2D eigenvalue weighted by Crippen LogP contribution is -2.46. The van der Waals surface area contributed by atoms with Crippen LogP contribution in [-0.2, 0) is 9.53 Å². The number of hydrogen-bond donors (Lipinski definition) is 2. The molecule has 2 fully saturated rings. The number of aliphatic hydroxyl groups is 1. The van der Waals surface area contributed by atoms with E-state index < -0.39 is 41.7 Å². The van der Waals surface area contributed by atoms with Crippen molar-refractivity contribution in [1.82, 2.24) is 0 Å². The molecule has 2 amide bonds. The lowest BCUT2D eigenvalue weighted by Gasteiger charge is -2.34. The van der Waals surface area contributed by atoms with E-state index >= 15 is 0 Å². The number of aliphatic hydroxyl groups excluding tert-OH is 1. The highest BCUT2D eigenvalue weighted by atomic mass is 32.2. The number of anilines is 2. The lowest BCUT2D eigenvalue weighted by atomic mass is 10.2. The number of aliphatic imine (C=N–C) groups is 1. The van der Waals surface area contributed by atoms with Gasteiger partial charge in [0.25, 0.3) is 5.91 Å². The van der Waals surface area contributed by atoms with Gasteiger partial charge in [-0.05, 0) is 0 Å². The molecule has 11 heteroatoms. The molecule has 1 aromatic rings. The predicted molar refractivity (Wildman–Crippen MR) is 92.3 cm³/mol. The van der Waals surface area contributed by atoms with Crippen LogP contribution >= 0.6 is 11.8 Å². The van der Waals surface area contributed by atoms with Gasteiger partial charge >= 0.3 is 6.09 Å². The van der Waals surface area contributed by atoms with Gasteiger partial charge in [0.2, 0.25) is 0 Å². The van der Waals surface area contributed by atoms with Crippen LogP contribution < -0.4 is 15.5 Å². The van der Waals surface area contributed by atoms with Crippen LogP contribution in [0.1, 0.15) is 0 Å². The first-order valence-electron chi connectivity index (χ1n) is 7.64. The third-order valence-corrected chi connectivity index (χ3v) is 5.12. The standard InChI is InChI=1S/C15H16F2N4O4S/c1-19-13-14(23)20(2-3-26-13)11-8(16)4-7(5-9(11)17)21-6-10(12(18)22)25-15(21)24/h4-5,10,14,23H,2-3,6H2,1H3,(H2,18,22)/t10-,14?/m1/s1. The number of carbonyl (C=O) groups is 2. The molecule has 3 N–H and O–H groups in total. The SMILES string of the molecule is CN=C1SCCN(c2c(F)cc(N3C[C@H](C(N)=O)OC3=O)cc2F)C1O. The number of hydrogen-bond acceptors (Lipinski definition) is 7. The number of thioether (sulfide) groups is 1. The first kappa shape index (κ1) is 18.4. The second-order valence-electron chi connectivity index (χ2n) is 5.62. The zero-order valence-electron chi connectivity index (χ0n) is 13.7. The Morgan fingerprint density at radius 2 is 2.08 bits per heavy atom. The topological polar surface area (TPSA) is 108 Å². The van der Waals surface area contributed by atoms with Gasteiger partial charge in [0, 0.05) is 31.5 Å². The van der Waals surface area contributed by atoms with Crippen molar-refractivity contribution in [3.05, 3.63) is 23.8 Å². The molecule has 0 aliphatic carbocycles. The highest BCUT2D eigenvalue weighted by molar-refractivity contribution is 8.14. The van der Waals surface area contributed by atoms with Crippen LogP contribution in [0.15, 0.2) is 17.1 Å². The highest BCUT2D eigenvalue weighted by Crippen LogP contribution is 2.34. The Labute approximate surface area is 151 Å². The smallest absolute Gasteiger partial charge is 0.415 e. The summed E-state index contributed by atoms with van der Waals surface area (Å²) in [4.78, 5) is 29.0. The molecule has 0 saturated carbocycles. The minimum Gasteiger partial charge on any atom is -0.434 e. The van der Waals surface area contributed by atoms with Crippen molar-refractivity contribution < 1.29 is 28.2 Å². The fraction of sp³-hybridized carbons (Fsp3) is 0.400. The van der Waals surface area contributed by atoms with Gasteiger partial charge in [-0.25, -0.2) is 13.6 Å². The summed E-state index contributed by atoms with van der Waals surface area (Å²) in [5.74, 6) is -2.27. The van der Waals surface area contributed by atoms with Crippen molar-refractivity contribution in [3.8, 4) is 0 Å². The average Bonchev–Trinajstić information content (AvgIpc) is 2.98. The number of halogens is 2. The minimum absolute atomic E-state index is 0.109. The monoisotopic (exact) mass is 386 g/mol. The third kappa shape index (κ3) is 3.19. The number of ether oxygens (including phenoxy) is 1. The van der Waals surface area contributed by atoms with Crippen molar-refractivity contribution in [2.24, 2.45) is 10.7 Å². The number of rotatable bonds is 3. The van der Waals surface area contributed by atoms with Crippen LogP contribution in [0.5, 0.6) is 0 Å². The second-order valence-corrected chi connectivity index (χ2v) is 6.74. The van der Waals surface area contributed by atoms with Gasteiger partial charge in [0.15, 0.2) is 24.0 Å². The van der Waals surface area contributed by atoms with E-state index in [1.54, 1.807) is 0 Å². The first-order valence-corrected chi connectivity index (χ1v) is 8.62. The molecule has 140 valence electrons. The van der Waals surface area contributed by atoms with Gasteiger partial charge in [0.05, 0.1) is 12.2 Å². The molecular weight excluding hydrogens is 370 g/mol. The summed E-state index contributed by atoms with van der Waals surface area (Å²) in [5.41, 5.74) is 4.56. The Hall–Kier alpha value is -2.40. The summed E-state index contributed by atoms with van der Waals surface area (Å²) in [7, 11) is 1.49. The van der Waals surface area contributed by atoms with Gasteiger partial charge in [-0.15, -0.1) is 11.8 Å². The maximum absolute atomic E-state index is 14.6. The average molecular weight is 386 g/mol. The molecule has 0 bridgehead atoms. The fourth-order valence-electron chi connectivity index (χ4n) is 2.80. The van der Waals surface area contributed by atoms with E-state index in [4.69, 9.17) is 10.5 Å². The maximum atomic E-state index is 14.6. The van der Waals surface area contributed by atoms with Gasteiger partial charge in [-0.3, -0.25) is 14.7 Å². The van der Waals surface area contributed by atoms with E-state index in [9.17, 15) is 23.5 Å². The van der Waals surface area contributed by atoms with Crippen molar-refractivity contribution in [2.45, 2.75) is 12.3 Å². The van der Waals surface area contributed by atoms with E-state index in [1.807, 2.05) is 0 Å². The summed E-state index contributed by atoms with van der Waals surface area (Å²) >= 11 is 1.31. The summed E-state index contributed by atoms with van der Waals surface area (Å²) < 4.78 is 34.0. The molecule has 0 radical (unpaired) electrons. The predicted octanol–water partition coefficient (Wildman–Crippen LogP) is 0.675. The van der Waals surface area contributed by atoms with E-state index in [2.05, 4.69) is 4.99 Å². The number of nitrogens with zero attached hydrogens (tertiary/aromatic N) is 3. The van der Waals surface area contributed by atoms with Gasteiger partial charge in [-0.1, -0.05) is 0 Å². The molecule has 2 aliphatic rings. The summed E-state index contributed by atoms with van der Waals surface area (Å²) in [6, 6.07) is 1.89. The molecule has 2 aliphatic heterocycles. The fourth-order valence-corrected chi connectivity index (χ4v) is 3.70. The van der Waals surface area contributed by atoms with Gasteiger partial charge in [0.1, 0.15) is 10.7 Å². The Balaban J connectivity index is 1.92. The molecule has 2 atom stereocenters. The Morgan fingerprint density at radius 1 is 1.42 bits per heavy atom. The van der Waals surface area contributed by atoms with Crippen molar-refractivity contribution in [3.63, 3.8) is 0 Å². The Kier molecular flexibility index (Phi) is 5.01. The zero-order valence-corrected chi connectivity index (χ0v) is 14.5. The van der Waals surface area contributed by atoms with Crippen LogP contribution in [0.4, 0.5) is 25.0 Å². The van der Waals surface area contributed by atoms with Crippen molar-refractivity contribution in [2.75, 3.05) is 35.7 Å². The molecule has 1 unspecified atom stereocenters. The quantitative estimate of drug-likeness (QED) is 0.791. The molecule has 0 spiro atoms. The van der Waals surface area contributed by atoms with Crippen molar-refractivity contribution in [1.29, 1.82) is 0 Å². The largest absolute Gasteiger partial charge is 0.434 e. The third-order valence-electron chi connectivity index (χ3n) is 4.05. The van der Waals surface area contributed by atoms with E-state index in [1.165, 1.54) is 23.7 Å². The van der Waals surface area contributed by atoms with E-state index in [0.717, 1.165) is 17.0 Å². The molecule has 2 heterocycles. The molecule has 8 nitrogen and oxygen atoms in total. The number of nitrogens with two attached hydrogens (primary N) is 1. The number of carbonyl (C=O) groups excluding carboxylic acids is 2. The summed E-state index contributed by atoms with van der Waals surface area (Å²) in [5, 5.41) is 10.6. The molecule has 1 aromatic carbocycles. The normalized spacial score (nSPS) is 24.9. The minimum atomic E-state index is -1.26. The van der Waals surface area contributed by atoms with Crippen LogP contribution in [0, 0.1) is 11.6 Å². The van der Waals surface area contributed by atoms with E-state index in [0.29, 0.717) is 10.8 Å². The van der Waals surface area contributed by atoms with Crippen LogP contribution in [0.3, 0.4) is 0 Å². The second kappa shape index (κ2) is 7.08. The van der Waals surface area contributed by atoms with E-state index in [-0.39, 0.29) is 18.8 Å². The highest BCUT2D eigenvalue weighted by Gasteiger charge is 2.37. The van der Waals surface area contributed by atoms with Gasteiger partial charge < -0.3 is 20.5 Å². The number of primary amides is 1. The van der Waals surface area contributed by atoms with Crippen LogP contribution in [0.2, 0.25) is 0 Å². The van der Waals surface area contributed by atoms with Gasteiger partial charge in [-0.2, -0.15) is 0 Å². The maximum Gasteiger partial charge on any atom is 0.415 e. The van der Waals surface area contributed by atoms with Crippen LogP contribution in [-0.4, -0.2) is 60.4 Å². The Bertz CT molecular complexity index is 768. The van der Waals surface area contributed by atoms with Crippen molar-refractivity contribution >= 4 is 40.2 Å². The molecular formula is C15H16F2N4O4S. The summed E-state index contributed by atoms with van der Waals surface area (Å²) in [6.07, 6.45) is -3.36. The summed E-state index contributed by atoms with van der Waals surface area (Å²) in [6.45, 7) is -0.0183. The molecule has 26 heavy (non-hydrogen) atoms. The number of cyclic esters (lactones) is 1. The molecule has 0 aromatic heterocycles. The molecule has 2 saturated heterocycles. The van der Waals surface area contributed by atoms with Crippen LogP contribution in [0.25, 0.3) is 0 Å². The number of amides is 2.